The third-order valence-corrected chi connectivity index (χ3v) is 6.01. The van der Waals surface area contributed by atoms with E-state index in [0.29, 0.717) is 19.4 Å². The molecular formula is C21H22F2N4O2. The molecule has 0 aliphatic heterocycles. The van der Waals surface area contributed by atoms with Crippen LogP contribution < -0.4 is 10.6 Å². The van der Waals surface area contributed by atoms with Crippen LogP contribution in [0, 0.1) is 34.3 Å². The van der Waals surface area contributed by atoms with Crippen molar-refractivity contribution in [3.05, 3.63) is 35.5 Å². The van der Waals surface area contributed by atoms with Crippen molar-refractivity contribution in [3.63, 3.8) is 0 Å². The van der Waals surface area contributed by atoms with Crippen molar-refractivity contribution in [1.29, 1.82) is 5.26 Å². The number of benzene rings is 1. The minimum absolute atomic E-state index is 0.121. The molecule has 8 heteroatoms. The summed E-state index contributed by atoms with van der Waals surface area (Å²) in [7, 11) is 0. The van der Waals surface area contributed by atoms with Gasteiger partial charge in [0.2, 0.25) is 5.91 Å². The Kier molecular flexibility index (Phi) is 4.99. The summed E-state index contributed by atoms with van der Waals surface area (Å²) in [6.45, 7) is 0.340. The van der Waals surface area contributed by atoms with E-state index in [1.165, 1.54) is 6.07 Å². The molecule has 0 saturated heterocycles. The van der Waals surface area contributed by atoms with Crippen molar-refractivity contribution in [2.24, 2.45) is 11.3 Å². The topological polar surface area (TPSA) is 97.8 Å². The standard InChI is InChI=1S/C21H22F2N4O2/c22-12-7-15(23)14-9-18(26-17(14)8-12)20(29)27-16-4-2-1-3-13(16)19(28)25-11-21(10-24)5-6-21/h7-9,13,16,26H,1-6,11H2,(H,25,28)(H,27,29)/t13-,16+/m1/s1. The summed E-state index contributed by atoms with van der Waals surface area (Å²) in [6, 6.07) is 5.16. The van der Waals surface area contributed by atoms with Gasteiger partial charge in [-0.15, -0.1) is 0 Å². The average Bonchev–Trinajstić information content (AvgIpc) is 3.36. The number of rotatable bonds is 5. The number of nitrogens with one attached hydrogen (secondary N) is 3. The van der Waals surface area contributed by atoms with E-state index in [1.54, 1.807) is 0 Å². The second-order valence-electron chi connectivity index (χ2n) is 8.11. The highest BCUT2D eigenvalue weighted by atomic mass is 19.1. The zero-order chi connectivity index (χ0) is 20.6. The van der Waals surface area contributed by atoms with Crippen LogP contribution in [-0.4, -0.2) is 29.4 Å². The molecule has 1 heterocycles. The molecule has 2 saturated carbocycles. The lowest BCUT2D eigenvalue weighted by Crippen LogP contribution is -2.49. The van der Waals surface area contributed by atoms with Gasteiger partial charge in [-0.2, -0.15) is 5.26 Å². The van der Waals surface area contributed by atoms with Crippen LogP contribution >= 0.6 is 0 Å². The first kappa shape index (κ1) is 19.4. The van der Waals surface area contributed by atoms with Crippen LogP contribution in [0.5, 0.6) is 0 Å². The predicted molar refractivity (Wildman–Crippen MR) is 102 cm³/mol. The summed E-state index contributed by atoms with van der Waals surface area (Å²) < 4.78 is 27.3. The van der Waals surface area contributed by atoms with Crippen molar-refractivity contribution < 1.29 is 18.4 Å². The number of nitrogens with zero attached hydrogens (tertiary/aromatic N) is 1. The molecule has 2 fully saturated rings. The summed E-state index contributed by atoms with van der Waals surface area (Å²) in [5.74, 6) is -2.45. The van der Waals surface area contributed by atoms with Gasteiger partial charge >= 0.3 is 0 Å². The number of H-pyrrole nitrogens is 1. The van der Waals surface area contributed by atoms with E-state index in [-0.39, 0.29) is 34.5 Å². The van der Waals surface area contributed by atoms with Gasteiger partial charge in [-0.05, 0) is 37.8 Å². The molecule has 152 valence electrons. The van der Waals surface area contributed by atoms with Crippen LogP contribution in [0.25, 0.3) is 10.9 Å². The fraction of sp³-hybridized carbons (Fsp3) is 0.476. The van der Waals surface area contributed by atoms with Crippen molar-refractivity contribution in [3.8, 4) is 6.07 Å². The number of hydrogen-bond donors (Lipinski definition) is 3. The molecule has 2 atom stereocenters. The number of aromatic nitrogens is 1. The van der Waals surface area contributed by atoms with Gasteiger partial charge < -0.3 is 15.6 Å². The molecule has 4 rings (SSSR count). The molecule has 2 aliphatic carbocycles. The van der Waals surface area contributed by atoms with Gasteiger partial charge in [0.25, 0.3) is 5.91 Å². The lowest BCUT2D eigenvalue weighted by Gasteiger charge is -2.31. The SMILES string of the molecule is N#CC1(CNC(=O)[C@@H]2CCCC[C@@H]2NC(=O)c2cc3c(F)cc(F)cc3[nH]2)CC1. The largest absolute Gasteiger partial charge is 0.354 e. The van der Waals surface area contributed by atoms with Crippen LogP contribution in [0.2, 0.25) is 0 Å². The highest BCUT2D eigenvalue weighted by Crippen LogP contribution is 2.44. The van der Waals surface area contributed by atoms with Gasteiger partial charge in [-0.3, -0.25) is 9.59 Å². The van der Waals surface area contributed by atoms with Crippen LogP contribution in [0.4, 0.5) is 8.78 Å². The second kappa shape index (κ2) is 7.47. The maximum Gasteiger partial charge on any atom is 0.267 e. The zero-order valence-electron chi connectivity index (χ0n) is 15.9. The fourth-order valence-corrected chi connectivity index (χ4v) is 4.01. The molecule has 29 heavy (non-hydrogen) atoms. The first-order valence-electron chi connectivity index (χ1n) is 9.88. The number of aromatic amines is 1. The fourth-order valence-electron chi connectivity index (χ4n) is 4.01. The van der Waals surface area contributed by atoms with Crippen molar-refractivity contribution in [2.75, 3.05) is 6.54 Å². The Balaban J connectivity index is 1.45. The number of carbonyl (C=O) groups excluding carboxylic acids is 2. The van der Waals surface area contributed by atoms with Gasteiger partial charge in [0, 0.05) is 24.0 Å². The summed E-state index contributed by atoms with van der Waals surface area (Å²) in [5, 5.41) is 15.0. The van der Waals surface area contributed by atoms with E-state index in [4.69, 9.17) is 5.26 Å². The molecule has 0 radical (unpaired) electrons. The van der Waals surface area contributed by atoms with Crippen molar-refractivity contribution >= 4 is 22.7 Å². The molecule has 2 aliphatic rings. The summed E-state index contributed by atoms with van der Waals surface area (Å²) in [5.41, 5.74) is -0.0975. The quantitative estimate of drug-likeness (QED) is 0.719. The molecule has 3 N–H and O–H groups in total. The first-order valence-corrected chi connectivity index (χ1v) is 9.88. The lowest BCUT2D eigenvalue weighted by molar-refractivity contribution is -0.126. The maximum absolute atomic E-state index is 13.9. The monoisotopic (exact) mass is 400 g/mol. The number of halogens is 2. The highest BCUT2D eigenvalue weighted by Gasteiger charge is 2.44. The minimum Gasteiger partial charge on any atom is -0.354 e. The normalized spacial score (nSPS) is 22.7. The van der Waals surface area contributed by atoms with Crippen LogP contribution in [0.1, 0.15) is 49.0 Å². The molecule has 0 bridgehead atoms. The molecule has 2 aromatic rings. The molecule has 0 unspecified atom stereocenters. The first-order chi connectivity index (χ1) is 13.9. The second-order valence-corrected chi connectivity index (χ2v) is 8.11. The van der Waals surface area contributed by atoms with Crippen molar-refractivity contribution in [2.45, 2.75) is 44.6 Å². The van der Waals surface area contributed by atoms with Crippen LogP contribution in [0.3, 0.4) is 0 Å². The number of amides is 2. The maximum atomic E-state index is 13.9. The third-order valence-electron chi connectivity index (χ3n) is 6.01. The number of hydrogen-bond acceptors (Lipinski definition) is 3. The van der Waals surface area contributed by atoms with E-state index in [1.807, 2.05) is 0 Å². The van der Waals surface area contributed by atoms with Gasteiger partial charge in [-0.25, -0.2) is 8.78 Å². The third kappa shape index (κ3) is 3.95. The lowest BCUT2D eigenvalue weighted by atomic mass is 9.83. The average molecular weight is 400 g/mol. The molecule has 1 aromatic heterocycles. The van der Waals surface area contributed by atoms with E-state index < -0.39 is 23.0 Å². The van der Waals surface area contributed by atoms with Gasteiger partial charge in [-0.1, -0.05) is 12.8 Å². The number of carbonyl (C=O) groups is 2. The Morgan fingerprint density at radius 2 is 1.97 bits per heavy atom. The summed E-state index contributed by atoms with van der Waals surface area (Å²) in [4.78, 5) is 28.1. The molecular weight excluding hydrogens is 378 g/mol. The predicted octanol–water partition coefficient (Wildman–Crippen LogP) is 3.15. The zero-order valence-corrected chi connectivity index (χ0v) is 15.9. The summed E-state index contributed by atoms with van der Waals surface area (Å²) >= 11 is 0. The van der Waals surface area contributed by atoms with Crippen LogP contribution in [0.15, 0.2) is 18.2 Å². The Morgan fingerprint density at radius 1 is 1.21 bits per heavy atom. The number of nitriles is 1. The molecule has 1 aromatic carbocycles. The van der Waals surface area contributed by atoms with E-state index in [9.17, 15) is 18.4 Å². The van der Waals surface area contributed by atoms with Crippen LogP contribution in [-0.2, 0) is 4.79 Å². The molecule has 6 nitrogen and oxygen atoms in total. The smallest absolute Gasteiger partial charge is 0.267 e. The Labute approximate surface area is 166 Å². The molecule has 0 spiro atoms. The Hall–Kier alpha value is -2.95. The number of fused-ring (bicyclic) bond motifs is 1. The Bertz CT molecular complexity index is 1010. The van der Waals surface area contributed by atoms with Crippen molar-refractivity contribution in [1.82, 2.24) is 15.6 Å². The van der Waals surface area contributed by atoms with Gasteiger partial charge in [0.05, 0.1) is 22.9 Å². The van der Waals surface area contributed by atoms with E-state index >= 15 is 0 Å². The van der Waals surface area contributed by atoms with Gasteiger partial charge in [0.15, 0.2) is 0 Å². The van der Waals surface area contributed by atoms with E-state index in [0.717, 1.165) is 37.8 Å². The summed E-state index contributed by atoms with van der Waals surface area (Å²) in [6.07, 6.45) is 4.70. The van der Waals surface area contributed by atoms with E-state index in [2.05, 4.69) is 21.7 Å². The Morgan fingerprint density at radius 3 is 2.69 bits per heavy atom. The molecule has 2 amide bonds. The highest BCUT2D eigenvalue weighted by molar-refractivity contribution is 5.98. The van der Waals surface area contributed by atoms with Gasteiger partial charge in [0.1, 0.15) is 17.3 Å². The minimum atomic E-state index is -0.739.